The van der Waals surface area contributed by atoms with E-state index in [2.05, 4.69) is 0 Å². The van der Waals surface area contributed by atoms with E-state index in [0.29, 0.717) is 6.54 Å². The fourth-order valence-corrected chi connectivity index (χ4v) is 2.44. The summed E-state index contributed by atoms with van der Waals surface area (Å²) in [5.74, 6) is 0. The summed E-state index contributed by atoms with van der Waals surface area (Å²) < 4.78 is 2.02. The zero-order valence-electron chi connectivity index (χ0n) is 10.7. The molecule has 0 aliphatic heterocycles. The first-order valence-electron chi connectivity index (χ1n) is 5.57. The maximum absolute atomic E-state index is 10.0. The molecule has 16 heavy (non-hydrogen) atoms. The van der Waals surface area contributed by atoms with Gasteiger partial charge in [-0.25, -0.2) is 0 Å². The minimum absolute atomic E-state index is 0.119. The van der Waals surface area contributed by atoms with Gasteiger partial charge in [0.05, 0.1) is 6.10 Å². The molecule has 1 aromatic rings. The van der Waals surface area contributed by atoms with Crippen molar-refractivity contribution in [2.24, 2.45) is 5.41 Å². The normalized spacial score (nSPS) is 16.2. The first-order valence-corrected chi connectivity index (χ1v) is 6.45. The van der Waals surface area contributed by atoms with Crippen LogP contribution < -0.4 is 4.57 Å². The number of aromatic nitrogens is 1. The predicted octanol–water partition coefficient (Wildman–Crippen LogP) is 1.80. The molecule has 0 radical (unpaired) electrons. The van der Waals surface area contributed by atoms with Crippen LogP contribution in [0.5, 0.6) is 0 Å². The molecule has 0 amide bonds. The quantitative estimate of drug-likeness (QED) is 0.796. The minimum atomic E-state index is -0.432. The van der Waals surface area contributed by atoms with Gasteiger partial charge in [-0.2, -0.15) is 4.57 Å². The summed E-state index contributed by atoms with van der Waals surface area (Å²) in [6, 6.07) is 0. The van der Waals surface area contributed by atoms with Crippen molar-refractivity contribution in [1.82, 2.24) is 0 Å². The van der Waals surface area contributed by atoms with Gasteiger partial charge in [0.25, 0.3) is 0 Å². The lowest BCUT2D eigenvalue weighted by Crippen LogP contribution is -2.45. The van der Waals surface area contributed by atoms with Crippen molar-refractivity contribution >= 4 is 11.3 Å². The lowest BCUT2D eigenvalue weighted by Gasteiger charge is -2.22. The van der Waals surface area contributed by atoms with Gasteiger partial charge in [0.1, 0.15) is 11.0 Å². The summed E-state index contributed by atoms with van der Waals surface area (Å²) in [6.07, 6.45) is -0.814. The van der Waals surface area contributed by atoms with E-state index in [1.54, 1.807) is 6.92 Å². The largest absolute Gasteiger partial charge is 0.388 e. The van der Waals surface area contributed by atoms with Crippen molar-refractivity contribution in [3.63, 3.8) is 0 Å². The highest BCUT2D eigenvalue weighted by Crippen LogP contribution is 2.22. The molecule has 0 spiro atoms. The Balaban J connectivity index is 2.83. The van der Waals surface area contributed by atoms with Crippen LogP contribution in [0.2, 0.25) is 0 Å². The van der Waals surface area contributed by atoms with Gasteiger partial charge in [-0.3, -0.25) is 0 Å². The molecule has 1 aromatic heterocycles. The van der Waals surface area contributed by atoms with Gasteiger partial charge in [0.15, 0.2) is 12.2 Å². The third-order valence-corrected chi connectivity index (χ3v) is 4.09. The Kier molecular flexibility index (Phi) is 4.10. The third-order valence-electron chi connectivity index (χ3n) is 2.84. The van der Waals surface area contributed by atoms with Gasteiger partial charge in [-0.15, -0.1) is 0 Å². The molecule has 2 atom stereocenters. The van der Waals surface area contributed by atoms with Gasteiger partial charge in [0, 0.05) is 6.92 Å². The molecular formula is C12H22NO2S+. The molecule has 4 heteroatoms. The monoisotopic (exact) mass is 244 g/mol. The molecule has 0 bridgehead atoms. The highest BCUT2D eigenvalue weighted by Gasteiger charge is 2.28. The molecule has 2 unspecified atom stereocenters. The lowest BCUT2D eigenvalue weighted by atomic mass is 9.89. The molecule has 0 aromatic carbocycles. The SMILES string of the molecule is Cc1c(C(C)O)sc[n+]1CC(O)C(C)(C)C. The Hall–Kier alpha value is -0.450. The fraction of sp³-hybridized carbons (Fsp3) is 0.750. The summed E-state index contributed by atoms with van der Waals surface area (Å²) in [5.41, 5.74) is 2.89. The molecule has 92 valence electrons. The van der Waals surface area contributed by atoms with Crippen LogP contribution in [0.15, 0.2) is 5.51 Å². The summed E-state index contributed by atoms with van der Waals surface area (Å²) in [4.78, 5) is 0.973. The summed E-state index contributed by atoms with van der Waals surface area (Å²) >= 11 is 1.54. The molecule has 3 nitrogen and oxygen atoms in total. The maximum atomic E-state index is 10.0. The van der Waals surface area contributed by atoms with Crippen LogP contribution in [0.1, 0.15) is 44.4 Å². The highest BCUT2D eigenvalue weighted by molar-refractivity contribution is 7.09. The lowest BCUT2D eigenvalue weighted by molar-refractivity contribution is -0.707. The van der Waals surface area contributed by atoms with Gasteiger partial charge in [0.2, 0.25) is 5.51 Å². The molecular weight excluding hydrogens is 222 g/mol. The summed E-state index contributed by atoms with van der Waals surface area (Å²) in [6.45, 7) is 10.4. The Bertz CT molecular complexity index is 352. The van der Waals surface area contributed by atoms with Crippen molar-refractivity contribution < 1.29 is 14.8 Å². The van der Waals surface area contributed by atoms with Gasteiger partial charge in [-0.05, 0) is 12.3 Å². The molecule has 0 aliphatic rings. The van der Waals surface area contributed by atoms with Crippen LogP contribution in [0, 0.1) is 12.3 Å². The smallest absolute Gasteiger partial charge is 0.225 e. The van der Waals surface area contributed by atoms with E-state index in [1.165, 1.54) is 11.3 Å². The average molecular weight is 244 g/mol. The molecule has 0 aliphatic carbocycles. The predicted molar refractivity (Wildman–Crippen MR) is 65.3 cm³/mol. The number of thiazole rings is 1. The highest BCUT2D eigenvalue weighted by atomic mass is 32.1. The van der Waals surface area contributed by atoms with Crippen LogP contribution in [-0.2, 0) is 6.54 Å². The van der Waals surface area contributed by atoms with Gasteiger partial charge < -0.3 is 10.2 Å². The number of aliphatic hydroxyl groups excluding tert-OH is 2. The van der Waals surface area contributed by atoms with Crippen molar-refractivity contribution in [2.75, 3.05) is 0 Å². The molecule has 0 fully saturated rings. The minimum Gasteiger partial charge on any atom is -0.388 e. The molecule has 1 rings (SSSR count). The molecule has 0 saturated carbocycles. The Morgan fingerprint density at radius 1 is 1.38 bits per heavy atom. The number of hydrogen-bond donors (Lipinski definition) is 2. The summed E-state index contributed by atoms with van der Waals surface area (Å²) in [7, 11) is 0. The van der Waals surface area contributed by atoms with Crippen molar-refractivity contribution in [2.45, 2.75) is 53.4 Å². The van der Waals surface area contributed by atoms with Crippen LogP contribution >= 0.6 is 11.3 Å². The average Bonchev–Trinajstić information content (AvgIpc) is 2.46. The molecule has 2 N–H and O–H groups in total. The van der Waals surface area contributed by atoms with Gasteiger partial charge in [-0.1, -0.05) is 32.1 Å². The number of hydrogen-bond acceptors (Lipinski definition) is 3. The number of nitrogens with zero attached hydrogens (tertiary/aromatic N) is 1. The van der Waals surface area contributed by atoms with Crippen LogP contribution in [0.4, 0.5) is 0 Å². The zero-order chi connectivity index (χ0) is 12.5. The van der Waals surface area contributed by atoms with E-state index in [4.69, 9.17) is 0 Å². The molecule has 0 saturated heterocycles. The van der Waals surface area contributed by atoms with Crippen molar-refractivity contribution in [3.8, 4) is 0 Å². The number of rotatable bonds is 3. The van der Waals surface area contributed by atoms with E-state index >= 15 is 0 Å². The van der Waals surface area contributed by atoms with E-state index in [9.17, 15) is 10.2 Å². The second-order valence-corrected chi connectivity index (χ2v) is 6.27. The Labute approximate surface area is 101 Å². The standard InChI is InChI=1S/C12H22NO2S/c1-8-11(9(2)14)16-7-13(8)6-10(15)12(3,4)5/h7,9-10,14-15H,6H2,1-5H3/q+1. The molecule has 1 heterocycles. The number of aliphatic hydroxyl groups is 2. The van der Waals surface area contributed by atoms with Crippen LogP contribution in [-0.4, -0.2) is 16.3 Å². The van der Waals surface area contributed by atoms with Crippen molar-refractivity contribution in [3.05, 3.63) is 16.1 Å². The van der Waals surface area contributed by atoms with E-state index < -0.39 is 6.10 Å². The second kappa shape index (κ2) is 4.82. The van der Waals surface area contributed by atoms with E-state index in [0.717, 1.165) is 10.6 Å². The Morgan fingerprint density at radius 2 is 1.94 bits per heavy atom. The first-order chi connectivity index (χ1) is 7.23. The van der Waals surface area contributed by atoms with E-state index in [-0.39, 0.29) is 11.5 Å². The van der Waals surface area contributed by atoms with E-state index in [1.807, 2.05) is 37.8 Å². The summed E-state index contributed by atoms with van der Waals surface area (Å²) in [5, 5.41) is 19.6. The zero-order valence-corrected chi connectivity index (χ0v) is 11.5. The van der Waals surface area contributed by atoms with Crippen LogP contribution in [0.3, 0.4) is 0 Å². The second-order valence-electron chi connectivity index (χ2n) is 5.38. The topological polar surface area (TPSA) is 44.3 Å². The third kappa shape index (κ3) is 3.03. The van der Waals surface area contributed by atoms with Crippen molar-refractivity contribution in [1.29, 1.82) is 0 Å². The fourth-order valence-electron chi connectivity index (χ4n) is 1.47. The first kappa shape index (κ1) is 13.6. The maximum Gasteiger partial charge on any atom is 0.225 e. The Morgan fingerprint density at radius 3 is 2.31 bits per heavy atom. The van der Waals surface area contributed by atoms with Gasteiger partial charge >= 0.3 is 0 Å². The van der Waals surface area contributed by atoms with Crippen LogP contribution in [0.25, 0.3) is 0 Å².